The molecule has 0 amide bonds. The van der Waals surface area contributed by atoms with Crippen LogP contribution in [-0.4, -0.2) is 50.1 Å². The monoisotopic (exact) mass is 507 g/mol. The van der Waals surface area contributed by atoms with Gasteiger partial charge in [0.1, 0.15) is 5.60 Å². The number of rotatable bonds is 2. The van der Waals surface area contributed by atoms with Gasteiger partial charge in [-0.1, -0.05) is 0 Å². The fourth-order valence-corrected chi connectivity index (χ4v) is 1.52. The first-order valence-electron chi connectivity index (χ1n) is 6.14. The summed E-state index contributed by atoms with van der Waals surface area (Å²) in [5, 5.41) is 10.4. The maximum absolute atomic E-state index is 10.4. The van der Waals surface area contributed by atoms with Crippen molar-refractivity contribution in [1.29, 1.82) is 0 Å². The average Bonchev–Trinajstić information content (AvgIpc) is 2.46. The molecule has 1 radical (unpaired) electrons. The third-order valence-electron chi connectivity index (χ3n) is 2.48. The molecule has 0 aromatic carbocycles. The molecule has 155 valence electrons. The Kier molecular flexibility index (Phi) is 15.1. The summed E-state index contributed by atoms with van der Waals surface area (Å²) < 4.78 is 63.2. The summed E-state index contributed by atoms with van der Waals surface area (Å²) in [6, 6.07) is 7.22. The Morgan fingerprint density at radius 1 is 0.741 bits per heavy atom. The van der Waals surface area contributed by atoms with E-state index in [1.54, 1.807) is 56.0 Å². The van der Waals surface area contributed by atoms with E-state index in [-0.39, 0.29) is 34.1 Å². The predicted molar refractivity (Wildman–Crippen MR) is 85.5 cm³/mol. The van der Waals surface area contributed by atoms with E-state index in [9.17, 15) is 5.11 Å². The van der Waals surface area contributed by atoms with E-state index in [0.29, 0.717) is 0 Å². The van der Waals surface area contributed by atoms with Crippen molar-refractivity contribution in [3.05, 3.63) is 60.2 Å². The average molecular weight is 507 g/mol. The van der Waals surface area contributed by atoms with Crippen LogP contribution in [0.3, 0.4) is 0 Å². The first-order chi connectivity index (χ1) is 11.2. The van der Waals surface area contributed by atoms with Gasteiger partial charge in [0.2, 0.25) is 0 Å². The van der Waals surface area contributed by atoms with Crippen molar-refractivity contribution in [1.82, 2.24) is 9.97 Å². The molecule has 0 spiro atoms. The van der Waals surface area contributed by atoms with Crippen LogP contribution in [-0.2, 0) is 60.5 Å². The van der Waals surface area contributed by atoms with E-state index in [1.807, 2.05) is 0 Å². The van der Waals surface area contributed by atoms with Gasteiger partial charge in [0.05, 0.1) is 0 Å². The molecule has 11 nitrogen and oxygen atoms in total. The van der Waals surface area contributed by atoms with Gasteiger partial charge in [0.25, 0.3) is 0 Å². The summed E-state index contributed by atoms with van der Waals surface area (Å²) in [5.41, 5.74) is 0.652. The number of nitrogens with zero attached hydrogens (tertiary/aromatic N) is 2. The quantitative estimate of drug-likeness (QED) is 0.279. The number of pyridine rings is 2. The van der Waals surface area contributed by atoms with Crippen molar-refractivity contribution in [2.45, 2.75) is 12.5 Å². The Morgan fingerprint density at radius 2 is 0.926 bits per heavy atom. The molecule has 0 bridgehead atoms. The van der Waals surface area contributed by atoms with Gasteiger partial charge in [0.15, 0.2) is 0 Å². The van der Waals surface area contributed by atoms with Crippen LogP contribution in [0.25, 0.3) is 0 Å². The van der Waals surface area contributed by atoms with Crippen LogP contribution >= 0.6 is 0 Å². The molecule has 0 saturated heterocycles. The number of aliphatic hydroxyl groups is 1. The van der Waals surface area contributed by atoms with Crippen LogP contribution in [0.1, 0.15) is 18.1 Å². The Morgan fingerprint density at radius 3 is 1.11 bits per heavy atom. The summed E-state index contributed by atoms with van der Waals surface area (Å²) in [6.45, 7) is 1.76. The summed E-state index contributed by atoms with van der Waals surface area (Å²) in [4.78, 5) is 7.86. The molecule has 5 N–H and O–H groups in total. The molecular weight excluding hydrogens is 491 g/mol. The van der Waals surface area contributed by atoms with E-state index in [4.69, 9.17) is 35.0 Å². The minimum absolute atomic E-state index is 0. The molecule has 0 aliphatic heterocycles. The first-order valence-corrected chi connectivity index (χ1v) is 8.94. The normalized spacial score (nSPS) is 10.6. The van der Waals surface area contributed by atoms with Crippen LogP contribution in [0.4, 0.5) is 0 Å². The maximum Gasteiger partial charge on any atom is 0.394 e. The molecular formula is C12H16FeMnN2O9S2. The van der Waals surface area contributed by atoms with Gasteiger partial charge < -0.3 is 5.11 Å². The molecule has 2 heterocycles. The smallest absolute Gasteiger partial charge is 0.381 e. The molecule has 27 heavy (non-hydrogen) atoms. The molecule has 0 aliphatic rings. The zero-order chi connectivity index (χ0) is 19.7. The molecule has 2 rings (SSSR count). The van der Waals surface area contributed by atoms with Crippen molar-refractivity contribution in [2.24, 2.45) is 0 Å². The van der Waals surface area contributed by atoms with Gasteiger partial charge in [0, 0.05) is 58.9 Å². The molecule has 0 saturated carbocycles. The van der Waals surface area contributed by atoms with Crippen LogP contribution < -0.4 is 0 Å². The number of hydrogen-bond donors (Lipinski definition) is 5. The molecule has 2 aromatic rings. The summed E-state index contributed by atoms with van der Waals surface area (Å²) >= 11 is 0. The summed E-state index contributed by atoms with van der Waals surface area (Å²) in [6.07, 6.45) is 6.69. The zero-order valence-electron chi connectivity index (χ0n) is 13.4. The molecule has 2 aromatic heterocycles. The van der Waals surface area contributed by atoms with Gasteiger partial charge in [-0.15, -0.1) is 0 Å². The second kappa shape index (κ2) is 13.3. The Hall–Kier alpha value is -0.961. The van der Waals surface area contributed by atoms with E-state index >= 15 is 0 Å². The van der Waals surface area contributed by atoms with Gasteiger partial charge in [-0.05, 0) is 42.3 Å². The van der Waals surface area contributed by atoms with Crippen molar-refractivity contribution in [3.8, 4) is 0 Å². The van der Waals surface area contributed by atoms with Gasteiger partial charge in [-0.2, -0.15) is 16.8 Å². The molecule has 0 atom stereocenters. The maximum atomic E-state index is 10.4. The Balaban J connectivity index is -0.000000407. The minimum Gasteiger partial charge on any atom is -0.381 e. The Bertz CT molecular complexity index is 763. The number of hydrogen-bond acceptors (Lipinski definition) is 7. The molecule has 0 unspecified atom stereocenters. The van der Waals surface area contributed by atoms with Crippen LogP contribution in [0.15, 0.2) is 49.1 Å². The van der Waals surface area contributed by atoms with E-state index in [2.05, 4.69) is 9.97 Å². The van der Waals surface area contributed by atoms with Gasteiger partial charge in [-0.3, -0.25) is 28.2 Å². The minimum atomic E-state index is -4.67. The molecule has 15 heteroatoms. The standard InChI is InChI=1S/C12H12N2O.Fe.Mn.2H2O4S/c1-12(15,10-2-6-13-7-3-10)11-4-8-14-9-5-11;;;2*1-5(2,3)4/h2-9,15H,1H3;;;2*(H2,1,2,3,4). The van der Waals surface area contributed by atoms with Crippen molar-refractivity contribution >= 4 is 20.8 Å². The first kappa shape index (κ1) is 30.8. The van der Waals surface area contributed by atoms with Crippen molar-refractivity contribution in [3.63, 3.8) is 0 Å². The van der Waals surface area contributed by atoms with Crippen molar-refractivity contribution in [2.75, 3.05) is 0 Å². The predicted octanol–water partition coefficient (Wildman–Crippen LogP) is 0.422. The van der Waals surface area contributed by atoms with Crippen LogP contribution in [0, 0.1) is 0 Å². The zero-order valence-corrected chi connectivity index (χ0v) is 17.3. The number of aromatic nitrogens is 2. The second-order valence-corrected chi connectivity index (χ2v) is 6.23. The van der Waals surface area contributed by atoms with E-state index in [1.165, 1.54) is 0 Å². The molecule has 0 fully saturated rings. The van der Waals surface area contributed by atoms with E-state index < -0.39 is 26.4 Å². The summed E-state index contributed by atoms with van der Waals surface area (Å²) in [5.74, 6) is 0. The third-order valence-corrected chi connectivity index (χ3v) is 2.48. The SMILES string of the molecule is CC(O)(c1ccncc1)c1ccncc1.O=S(=O)(O)O.O=S(=O)(O)O.[Fe].[Mn]. The second-order valence-electron chi connectivity index (χ2n) is 4.44. The van der Waals surface area contributed by atoms with Crippen LogP contribution in [0.2, 0.25) is 0 Å². The molecule has 0 aliphatic carbocycles. The summed E-state index contributed by atoms with van der Waals surface area (Å²) in [7, 11) is -9.33. The topological polar surface area (TPSA) is 195 Å². The Labute approximate surface area is 177 Å². The van der Waals surface area contributed by atoms with E-state index in [0.717, 1.165) is 11.1 Å². The fraction of sp³-hybridized carbons (Fsp3) is 0.167. The fourth-order valence-electron chi connectivity index (χ4n) is 1.52. The third kappa shape index (κ3) is 18.2. The van der Waals surface area contributed by atoms with Crippen LogP contribution in [0.5, 0.6) is 0 Å². The van der Waals surface area contributed by atoms with Crippen molar-refractivity contribution < 1.29 is 74.3 Å². The largest absolute Gasteiger partial charge is 0.394 e. The van der Waals surface area contributed by atoms with Gasteiger partial charge >= 0.3 is 20.8 Å². The van der Waals surface area contributed by atoms with Gasteiger partial charge in [-0.25, -0.2) is 0 Å².